The first-order valence-electron chi connectivity index (χ1n) is 13.3. The number of carbonyl (C=O) groups is 1. The van der Waals surface area contributed by atoms with Gasteiger partial charge in [0.1, 0.15) is 17.4 Å². The number of likely N-dealkylation sites (N-methyl/N-ethyl adjacent to an activating group) is 1. The molecule has 4 rings (SSSR count). The van der Waals surface area contributed by atoms with Crippen LogP contribution in [0.3, 0.4) is 0 Å². The molecular weight excluding hydrogens is 466 g/mol. The monoisotopic (exact) mass is 505 g/mol. The highest BCUT2D eigenvalue weighted by atomic mass is 16.5. The zero-order valence-electron chi connectivity index (χ0n) is 22.4. The van der Waals surface area contributed by atoms with E-state index in [-0.39, 0.29) is 30.6 Å². The number of carbonyl (C=O) groups excluding carboxylic acids is 1. The Morgan fingerprint density at radius 1 is 1.19 bits per heavy atom. The second-order valence-electron chi connectivity index (χ2n) is 10.5. The first-order valence-corrected chi connectivity index (χ1v) is 13.3. The normalized spacial score (nSPS) is 20.9. The maximum absolute atomic E-state index is 13.6. The van der Waals surface area contributed by atoms with Crippen molar-refractivity contribution in [1.29, 1.82) is 0 Å². The van der Waals surface area contributed by atoms with Gasteiger partial charge in [-0.25, -0.2) is 4.98 Å². The molecule has 2 heterocycles. The van der Waals surface area contributed by atoms with Gasteiger partial charge in [-0.15, -0.1) is 0 Å². The van der Waals surface area contributed by atoms with Gasteiger partial charge in [0.25, 0.3) is 5.91 Å². The van der Waals surface area contributed by atoms with Crippen molar-refractivity contribution >= 4 is 5.91 Å². The van der Waals surface area contributed by atoms with E-state index in [1.54, 1.807) is 24.3 Å². The molecule has 1 fully saturated rings. The number of hydrogen-bond donors (Lipinski definition) is 1. The van der Waals surface area contributed by atoms with E-state index < -0.39 is 0 Å². The summed E-state index contributed by atoms with van der Waals surface area (Å²) in [6.45, 7) is 6.19. The molecule has 1 amide bonds. The molecule has 198 valence electrons. The SMILES string of the molecule is COc1ccc(C#Cc2cnc3c(c2)C(=O)N([C@@H](C)CO)C[C@H](C)[C@@H](CN(C)CC2CCCC2)O3)cc1. The van der Waals surface area contributed by atoms with Gasteiger partial charge in [-0.3, -0.25) is 4.79 Å². The molecule has 2 aromatic rings. The van der Waals surface area contributed by atoms with E-state index in [0.29, 0.717) is 23.6 Å². The summed E-state index contributed by atoms with van der Waals surface area (Å²) in [7, 11) is 3.78. The number of fused-ring (bicyclic) bond motifs is 1. The van der Waals surface area contributed by atoms with Gasteiger partial charge in [-0.1, -0.05) is 31.6 Å². The summed E-state index contributed by atoms with van der Waals surface area (Å²) in [6.07, 6.45) is 6.78. The van der Waals surface area contributed by atoms with Crippen molar-refractivity contribution < 1.29 is 19.4 Å². The third-order valence-corrected chi connectivity index (χ3v) is 7.50. The fourth-order valence-corrected chi connectivity index (χ4v) is 5.22. The molecule has 1 aliphatic carbocycles. The zero-order valence-corrected chi connectivity index (χ0v) is 22.4. The van der Waals surface area contributed by atoms with E-state index in [4.69, 9.17) is 9.47 Å². The third-order valence-electron chi connectivity index (χ3n) is 7.50. The molecule has 1 aromatic carbocycles. The van der Waals surface area contributed by atoms with Crippen LogP contribution in [-0.2, 0) is 0 Å². The minimum Gasteiger partial charge on any atom is -0.497 e. The topological polar surface area (TPSA) is 75.1 Å². The fraction of sp³-hybridized carbons (Fsp3) is 0.533. The maximum Gasteiger partial charge on any atom is 0.259 e. The molecule has 0 bridgehead atoms. The molecule has 7 heteroatoms. The summed E-state index contributed by atoms with van der Waals surface area (Å²) < 4.78 is 11.6. The summed E-state index contributed by atoms with van der Waals surface area (Å²) in [5.74, 6) is 7.98. The predicted octanol–water partition coefficient (Wildman–Crippen LogP) is 3.83. The molecule has 37 heavy (non-hydrogen) atoms. The molecule has 0 spiro atoms. The van der Waals surface area contributed by atoms with Crippen molar-refractivity contribution in [2.45, 2.75) is 51.7 Å². The van der Waals surface area contributed by atoms with Gasteiger partial charge < -0.3 is 24.4 Å². The van der Waals surface area contributed by atoms with Crippen LogP contribution in [0.5, 0.6) is 11.6 Å². The largest absolute Gasteiger partial charge is 0.497 e. The molecular formula is C30H39N3O4. The number of aliphatic hydroxyl groups is 1. The first-order chi connectivity index (χ1) is 17.9. The highest BCUT2D eigenvalue weighted by Gasteiger charge is 2.34. The number of amides is 1. The average molecular weight is 506 g/mol. The molecule has 3 atom stereocenters. The van der Waals surface area contributed by atoms with E-state index in [2.05, 4.69) is 35.7 Å². The van der Waals surface area contributed by atoms with Gasteiger partial charge in [0.2, 0.25) is 5.88 Å². The van der Waals surface area contributed by atoms with Crippen molar-refractivity contribution in [3.05, 3.63) is 53.2 Å². The smallest absolute Gasteiger partial charge is 0.259 e. The second kappa shape index (κ2) is 12.4. The van der Waals surface area contributed by atoms with Crippen LogP contribution < -0.4 is 9.47 Å². The van der Waals surface area contributed by atoms with Crippen LogP contribution in [0.15, 0.2) is 36.5 Å². The Morgan fingerprint density at radius 2 is 1.89 bits per heavy atom. The van der Waals surface area contributed by atoms with Crippen molar-refractivity contribution in [3.63, 3.8) is 0 Å². The van der Waals surface area contributed by atoms with Crippen LogP contribution in [0.1, 0.15) is 61.0 Å². The lowest BCUT2D eigenvalue weighted by Gasteiger charge is -2.38. The number of ether oxygens (including phenoxy) is 2. The summed E-state index contributed by atoms with van der Waals surface area (Å²) in [4.78, 5) is 22.3. The van der Waals surface area contributed by atoms with E-state index in [0.717, 1.165) is 30.3 Å². The lowest BCUT2D eigenvalue weighted by atomic mass is 9.99. The van der Waals surface area contributed by atoms with E-state index in [1.807, 2.05) is 31.2 Å². The molecule has 1 saturated carbocycles. The zero-order chi connectivity index (χ0) is 26.4. The lowest BCUT2D eigenvalue weighted by molar-refractivity contribution is 0.0320. The number of aromatic nitrogens is 1. The average Bonchev–Trinajstić information content (AvgIpc) is 3.42. The fourth-order valence-electron chi connectivity index (χ4n) is 5.22. The Balaban J connectivity index is 1.60. The predicted molar refractivity (Wildman–Crippen MR) is 144 cm³/mol. The number of aliphatic hydroxyl groups excluding tert-OH is 1. The van der Waals surface area contributed by atoms with E-state index >= 15 is 0 Å². The summed E-state index contributed by atoms with van der Waals surface area (Å²) in [5, 5.41) is 9.89. The van der Waals surface area contributed by atoms with Gasteiger partial charge in [0.15, 0.2) is 0 Å². The quantitative estimate of drug-likeness (QED) is 0.577. The number of methoxy groups -OCH3 is 1. The van der Waals surface area contributed by atoms with Gasteiger partial charge in [-0.2, -0.15) is 0 Å². The molecule has 2 aliphatic rings. The molecule has 1 aromatic heterocycles. The standard InChI is InChI=1S/C30H39N3O4/c1-21-17-33(22(2)20-34)30(35)27-15-25(10-9-23-11-13-26(36-4)14-12-23)16-31-29(27)37-28(21)19-32(3)18-24-7-5-6-8-24/h11-16,21-22,24,28,34H,5-8,17-20H2,1-4H3/t21-,22-,28+/m0/s1. The molecule has 1 aliphatic heterocycles. The van der Waals surface area contributed by atoms with Crippen molar-refractivity contribution in [1.82, 2.24) is 14.8 Å². The Labute approximate surface area is 220 Å². The van der Waals surface area contributed by atoms with Crippen LogP contribution in [0.25, 0.3) is 0 Å². The Hall–Kier alpha value is -3.08. The van der Waals surface area contributed by atoms with Crippen LogP contribution in [-0.4, -0.2) is 78.3 Å². The Bertz CT molecular complexity index is 1120. The number of rotatable bonds is 7. The second-order valence-corrected chi connectivity index (χ2v) is 10.5. The van der Waals surface area contributed by atoms with Crippen LogP contribution in [0.2, 0.25) is 0 Å². The molecule has 1 N–H and O–H groups in total. The van der Waals surface area contributed by atoms with Crippen LogP contribution >= 0.6 is 0 Å². The summed E-state index contributed by atoms with van der Waals surface area (Å²) >= 11 is 0. The number of nitrogens with zero attached hydrogens (tertiary/aromatic N) is 3. The highest BCUT2D eigenvalue weighted by Crippen LogP contribution is 2.29. The minimum atomic E-state index is -0.313. The third kappa shape index (κ3) is 6.82. The van der Waals surface area contributed by atoms with E-state index in [9.17, 15) is 9.90 Å². The summed E-state index contributed by atoms with van der Waals surface area (Å²) in [6, 6.07) is 8.94. The van der Waals surface area contributed by atoms with Crippen molar-refractivity contribution in [2.75, 3.05) is 40.4 Å². The van der Waals surface area contributed by atoms with Crippen molar-refractivity contribution in [3.8, 4) is 23.5 Å². The molecule has 0 saturated heterocycles. The Kier molecular flexibility index (Phi) is 9.07. The van der Waals surface area contributed by atoms with Crippen LogP contribution in [0.4, 0.5) is 0 Å². The molecule has 0 unspecified atom stereocenters. The number of hydrogen-bond acceptors (Lipinski definition) is 6. The highest BCUT2D eigenvalue weighted by molar-refractivity contribution is 5.97. The van der Waals surface area contributed by atoms with Gasteiger partial charge in [0, 0.05) is 42.9 Å². The van der Waals surface area contributed by atoms with Gasteiger partial charge in [0.05, 0.1) is 19.8 Å². The molecule has 0 radical (unpaired) electrons. The van der Waals surface area contributed by atoms with Gasteiger partial charge in [-0.05, 0) is 63.1 Å². The Morgan fingerprint density at radius 3 is 2.57 bits per heavy atom. The maximum atomic E-state index is 13.6. The van der Waals surface area contributed by atoms with Gasteiger partial charge >= 0.3 is 0 Å². The number of benzene rings is 1. The molecule has 7 nitrogen and oxygen atoms in total. The van der Waals surface area contributed by atoms with Crippen molar-refractivity contribution in [2.24, 2.45) is 11.8 Å². The number of pyridine rings is 1. The lowest BCUT2D eigenvalue weighted by Crippen LogP contribution is -2.50. The first kappa shape index (κ1) is 27.0. The van der Waals surface area contributed by atoms with E-state index in [1.165, 1.54) is 25.7 Å². The minimum absolute atomic E-state index is 0.0773. The summed E-state index contributed by atoms with van der Waals surface area (Å²) in [5.41, 5.74) is 1.86. The van der Waals surface area contributed by atoms with Crippen LogP contribution in [0, 0.1) is 23.7 Å².